The average molecular weight is 536 g/mol. The highest BCUT2D eigenvalue weighted by molar-refractivity contribution is 5.97. The van der Waals surface area contributed by atoms with Gasteiger partial charge in [0.1, 0.15) is 17.7 Å². The van der Waals surface area contributed by atoms with E-state index in [1.165, 1.54) is 25.2 Å². The molecule has 1 unspecified atom stereocenters. The van der Waals surface area contributed by atoms with Gasteiger partial charge in [0.15, 0.2) is 23.0 Å². The van der Waals surface area contributed by atoms with Crippen LogP contribution in [0.25, 0.3) is 11.5 Å². The molecule has 1 aromatic heterocycles. The first-order valence-corrected chi connectivity index (χ1v) is 11.6. The van der Waals surface area contributed by atoms with Crippen LogP contribution in [-0.2, 0) is 11.3 Å². The molecular weight excluding hydrogens is 512 g/mol. The molecule has 0 aliphatic heterocycles. The van der Waals surface area contributed by atoms with E-state index in [1.807, 2.05) is 0 Å². The zero-order valence-electron chi connectivity index (χ0n) is 20.1. The number of benzene rings is 2. The fourth-order valence-corrected chi connectivity index (χ4v) is 3.59. The van der Waals surface area contributed by atoms with Gasteiger partial charge in [-0.2, -0.15) is 8.78 Å². The average Bonchev–Trinajstić information content (AvgIpc) is 3.62. The maximum atomic E-state index is 14.4. The van der Waals surface area contributed by atoms with Gasteiger partial charge in [0.2, 0.25) is 11.8 Å². The van der Waals surface area contributed by atoms with Crippen LogP contribution < -0.4 is 25.8 Å². The molecule has 0 saturated heterocycles. The summed E-state index contributed by atoms with van der Waals surface area (Å²) >= 11 is 0. The van der Waals surface area contributed by atoms with Crippen LogP contribution in [0.5, 0.6) is 11.5 Å². The molecule has 9 nitrogen and oxygen atoms in total. The molecule has 1 aliphatic carbocycles. The summed E-state index contributed by atoms with van der Waals surface area (Å²) < 4.78 is 69.3. The van der Waals surface area contributed by atoms with Crippen LogP contribution >= 0.6 is 0 Å². The Hall–Kier alpha value is -4.13. The van der Waals surface area contributed by atoms with Crippen molar-refractivity contribution < 1.29 is 41.0 Å². The van der Waals surface area contributed by atoms with E-state index in [0.29, 0.717) is 18.6 Å². The molecule has 4 N–H and O–H groups in total. The predicted molar refractivity (Wildman–Crippen MR) is 125 cm³/mol. The lowest BCUT2D eigenvalue weighted by Crippen LogP contribution is -2.40. The molecule has 202 valence electrons. The minimum atomic E-state index is -3.07. The van der Waals surface area contributed by atoms with Crippen LogP contribution in [0.1, 0.15) is 40.7 Å². The van der Waals surface area contributed by atoms with E-state index in [2.05, 4.69) is 20.4 Å². The van der Waals surface area contributed by atoms with Gasteiger partial charge >= 0.3 is 6.61 Å². The summed E-state index contributed by atoms with van der Waals surface area (Å²) in [5.41, 5.74) is 5.44. The molecule has 1 fully saturated rings. The number of halogens is 4. The molecule has 0 radical (unpaired) electrons. The first-order chi connectivity index (χ1) is 18.2. The fraction of sp³-hybridized carbons (Fsp3) is 0.320. The van der Waals surface area contributed by atoms with Crippen molar-refractivity contribution in [2.45, 2.75) is 32.0 Å². The van der Waals surface area contributed by atoms with Gasteiger partial charge in [0, 0.05) is 24.2 Å². The zero-order valence-corrected chi connectivity index (χ0v) is 20.1. The second-order valence-corrected chi connectivity index (χ2v) is 8.48. The van der Waals surface area contributed by atoms with Crippen molar-refractivity contribution in [3.05, 3.63) is 65.1 Å². The monoisotopic (exact) mass is 536 g/mol. The summed E-state index contributed by atoms with van der Waals surface area (Å²) in [5.74, 6) is -3.52. The molecule has 3 aromatic rings. The van der Waals surface area contributed by atoms with Crippen molar-refractivity contribution in [3.8, 4) is 23.0 Å². The third-order valence-electron chi connectivity index (χ3n) is 5.73. The summed E-state index contributed by atoms with van der Waals surface area (Å²) in [6.45, 7) is -3.01. The van der Waals surface area contributed by atoms with Crippen molar-refractivity contribution in [1.82, 2.24) is 15.6 Å². The standard InChI is InChI=1S/C25H24F4N4O5/c1-31-22(34)20(15-6-5-14(26)9-16(15)27)32-23(35)21-19(10-30)37-24(33-21)13-4-7-17(38-25(28)29)18(8-13)36-11-12-2-3-12/h4-9,12,20,25H,2-3,10-11,30H2,1H3,(H,31,34)(H,32,35). The van der Waals surface area contributed by atoms with E-state index >= 15 is 0 Å². The van der Waals surface area contributed by atoms with Gasteiger partial charge in [-0.25, -0.2) is 13.8 Å². The Balaban J connectivity index is 1.63. The number of carbonyl (C=O) groups is 2. The predicted octanol–water partition coefficient (Wildman–Crippen LogP) is 3.69. The highest BCUT2D eigenvalue weighted by Crippen LogP contribution is 2.36. The highest BCUT2D eigenvalue weighted by atomic mass is 19.3. The van der Waals surface area contributed by atoms with Gasteiger partial charge in [-0.1, -0.05) is 6.07 Å². The number of likely N-dealkylation sites (N-methyl/N-ethyl adjacent to an activating group) is 1. The zero-order chi connectivity index (χ0) is 27.4. The van der Waals surface area contributed by atoms with Crippen molar-refractivity contribution in [2.75, 3.05) is 13.7 Å². The SMILES string of the molecule is CNC(=O)C(NC(=O)c1nc(-c2ccc(OC(F)F)c(OCC3CC3)c2)oc1CN)c1ccc(F)cc1F. The van der Waals surface area contributed by atoms with Crippen LogP contribution in [0.3, 0.4) is 0 Å². The topological polar surface area (TPSA) is 129 Å². The molecule has 1 heterocycles. The van der Waals surface area contributed by atoms with E-state index in [4.69, 9.17) is 14.9 Å². The summed E-state index contributed by atoms with van der Waals surface area (Å²) in [7, 11) is 1.28. The number of rotatable bonds is 11. The van der Waals surface area contributed by atoms with Crippen LogP contribution in [0, 0.1) is 17.6 Å². The lowest BCUT2D eigenvalue weighted by molar-refractivity contribution is -0.122. The number of amides is 2. The number of hydrogen-bond acceptors (Lipinski definition) is 7. The Morgan fingerprint density at radius 3 is 2.55 bits per heavy atom. The van der Waals surface area contributed by atoms with E-state index in [-0.39, 0.29) is 46.5 Å². The number of alkyl halides is 2. The van der Waals surface area contributed by atoms with E-state index in [9.17, 15) is 27.2 Å². The van der Waals surface area contributed by atoms with E-state index < -0.39 is 36.1 Å². The Morgan fingerprint density at radius 2 is 1.92 bits per heavy atom. The van der Waals surface area contributed by atoms with Gasteiger partial charge in [-0.05, 0) is 43.0 Å². The Bertz CT molecular complexity index is 1330. The molecule has 0 bridgehead atoms. The first-order valence-electron chi connectivity index (χ1n) is 11.6. The number of nitrogens with one attached hydrogen (secondary N) is 2. The van der Waals surface area contributed by atoms with Gasteiger partial charge < -0.3 is 30.3 Å². The number of carbonyl (C=O) groups excluding carboxylic acids is 2. The van der Waals surface area contributed by atoms with Crippen LogP contribution in [0.4, 0.5) is 17.6 Å². The van der Waals surface area contributed by atoms with Gasteiger partial charge in [0.25, 0.3) is 5.91 Å². The summed E-state index contributed by atoms with van der Waals surface area (Å²) in [5, 5.41) is 4.67. The largest absolute Gasteiger partial charge is 0.489 e. The maximum absolute atomic E-state index is 14.4. The highest BCUT2D eigenvalue weighted by Gasteiger charge is 2.29. The lowest BCUT2D eigenvalue weighted by Gasteiger charge is -2.18. The lowest BCUT2D eigenvalue weighted by atomic mass is 10.0. The molecule has 2 aromatic carbocycles. The smallest absolute Gasteiger partial charge is 0.387 e. The maximum Gasteiger partial charge on any atom is 0.387 e. The molecular formula is C25H24F4N4O5. The minimum absolute atomic E-state index is 0.0414. The van der Waals surface area contributed by atoms with Crippen LogP contribution in [-0.4, -0.2) is 37.1 Å². The van der Waals surface area contributed by atoms with Crippen molar-refractivity contribution in [2.24, 2.45) is 11.7 Å². The van der Waals surface area contributed by atoms with Crippen LogP contribution in [0.2, 0.25) is 0 Å². The summed E-state index contributed by atoms with van der Waals surface area (Å²) in [6, 6.07) is 5.08. The quantitative estimate of drug-likeness (QED) is 0.319. The van der Waals surface area contributed by atoms with E-state index in [0.717, 1.165) is 25.0 Å². The van der Waals surface area contributed by atoms with Crippen LogP contribution in [0.15, 0.2) is 40.8 Å². The second-order valence-electron chi connectivity index (χ2n) is 8.48. The van der Waals surface area contributed by atoms with Gasteiger partial charge in [-0.3, -0.25) is 9.59 Å². The third kappa shape index (κ3) is 6.22. The second kappa shape index (κ2) is 11.5. The molecule has 1 aliphatic rings. The number of nitrogens with two attached hydrogens (primary N) is 1. The summed E-state index contributed by atoms with van der Waals surface area (Å²) in [6.07, 6.45) is 1.95. The molecule has 13 heteroatoms. The van der Waals surface area contributed by atoms with Gasteiger partial charge in [0.05, 0.1) is 13.2 Å². The number of nitrogens with zero attached hydrogens (tertiary/aromatic N) is 1. The first kappa shape index (κ1) is 26.9. The molecule has 38 heavy (non-hydrogen) atoms. The van der Waals surface area contributed by atoms with Crippen molar-refractivity contribution in [3.63, 3.8) is 0 Å². The molecule has 4 rings (SSSR count). The van der Waals surface area contributed by atoms with Crippen molar-refractivity contribution >= 4 is 11.8 Å². The van der Waals surface area contributed by atoms with Gasteiger partial charge in [-0.15, -0.1) is 0 Å². The van der Waals surface area contributed by atoms with E-state index in [1.54, 1.807) is 0 Å². The Labute approximate surface area is 214 Å². The molecule has 2 amide bonds. The number of ether oxygens (including phenoxy) is 2. The third-order valence-corrected chi connectivity index (χ3v) is 5.73. The van der Waals surface area contributed by atoms with Crippen molar-refractivity contribution in [1.29, 1.82) is 0 Å². The molecule has 1 atom stereocenters. The Kier molecular flexibility index (Phi) is 8.15. The Morgan fingerprint density at radius 1 is 1.16 bits per heavy atom. The number of hydrogen-bond donors (Lipinski definition) is 3. The normalized spacial score (nSPS) is 13.8. The minimum Gasteiger partial charge on any atom is -0.489 e. The fourth-order valence-electron chi connectivity index (χ4n) is 3.59. The summed E-state index contributed by atoms with van der Waals surface area (Å²) in [4.78, 5) is 29.7. The molecule has 0 spiro atoms. The number of aromatic nitrogens is 1. The number of oxazole rings is 1. The molecule has 1 saturated carbocycles.